The summed E-state index contributed by atoms with van der Waals surface area (Å²) in [6.07, 6.45) is 2.71. The Labute approximate surface area is 212 Å². The number of amides is 2. The number of methoxy groups -OCH3 is 1. The number of rotatable bonds is 10. The highest BCUT2D eigenvalue weighted by atomic mass is 32.1. The third kappa shape index (κ3) is 7.14. The first kappa shape index (κ1) is 26.9. The lowest BCUT2D eigenvalue weighted by Crippen LogP contribution is -2.50. The van der Waals surface area contributed by atoms with Crippen molar-refractivity contribution in [3.05, 3.63) is 56.8 Å². The first-order chi connectivity index (χ1) is 16.8. The Bertz CT molecular complexity index is 1020. The molecule has 35 heavy (non-hydrogen) atoms. The van der Waals surface area contributed by atoms with Crippen molar-refractivity contribution in [2.45, 2.75) is 58.7 Å². The summed E-state index contributed by atoms with van der Waals surface area (Å²) in [5.41, 5.74) is 4.04. The van der Waals surface area contributed by atoms with Gasteiger partial charge in [0.1, 0.15) is 6.61 Å². The van der Waals surface area contributed by atoms with Gasteiger partial charge >= 0.3 is 0 Å². The summed E-state index contributed by atoms with van der Waals surface area (Å²) in [6.45, 7) is 9.12. The molecule has 1 saturated heterocycles. The van der Waals surface area contributed by atoms with Crippen molar-refractivity contribution < 1.29 is 14.3 Å². The Morgan fingerprint density at radius 1 is 1.29 bits per heavy atom. The molecule has 2 aromatic rings. The Kier molecular flexibility index (Phi) is 9.84. The van der Waals surface area contributed by atoms with E-state index in [4.69, 9.17) is 10.00 Å². The standard InChI is InChI=1S/C27H36N4O3S/c1-19-13-23(15-28)14-20(2)26(19)27(33)29-9-5-21(3)30-10-6-24(7-11-30)31(25(32)17-34-4)16-22-8-12-35-18-22/h8,12-14,18,21,24H,5-7,9-11,16-17H2,1-4H3,(H,29,33)/t21-/m1/s1. The number of aryl methyl sites for hydroxylation is 2. The van der Waals surface area contributed by atoms with Crippen LogP contribution in [0.2, 0.25) is 0 Å². The van der Waals surface area contributed by atoms with Crippen LogP contribution in [-0.2, 0) is 16.1 Å². The van der Waals surface area contributed by atoms with Crippen LogP contribution < -0.4 is 5.32 Å². The van der Waals surface area contributed by atoms with Gasteiger partial charge < -0.3 is 19.9 Å². The molecule has 1 aliphatic heterocycles. The maximum Gasteiger partial charge on any atom is 0.251 e. The van der Waals surface area contributed by atoms with Crippen LogP contribution in [0.15, 0.2) is 29.0 Å². The summed E-state index contributed by atoms with van der Waals surface area (Å²) in [5.74, 6) is -0.0441. The number of likely N-dealkylation sites (tertiary alicyclic amines) is 1. The summed E-state index contributed by atoms with van der Waals surface area (Å²) in [5, 5.41) is 16.3. The van der Waals surface area contributed by atoms with Gasteiger partial charge in [0.05, 0.1) is 11.6 Å². The fourth-order valence-corrected chi connectivity index (χ4v) is 5.56. The predicted octanol–water partition coefficient (Wildman–Crippen LogP) is 3.88. The number of carbonyl (C=O) groups excluding carboxylic acids is 2. The third-order valence-corrected chi connectivity index (χ3v) is 7.55. The normalized spacial score (nSPS) is 15.4. The van der Waals surface area contributed by atoms with E-state index in [0.717, 1.165) is 43.5 Å². The lowest BCUT2D eigenvalue weighted by molar-refractivity contribution is -0.139. The molecule has 1 aliphatic rings. The maximum absolute atomic E-state index is 12.8. The molecule has 188 valence electrons. The minimum Gasteiger partial charge on any atom is -0.375 e. The highest BCUT2D eigenvalue weighted by molar-refractivity contribution is 7.07. The molecular weight excluding hydrogens is 460 g/mol. The Morgan fingerprint density at radius 3 is 2.54 bits per heavy atom. The van der Waals surface area contributed by atoms with Gasteiger partial charge in [-0.2, -0.15) is 16.6 Å². The molecule has 1 N–H and O–H groups in total. The molecule has 0 spiro atoms. The zero-order valence-corrected chi connectivity index (χ0v) is 22.0. The van der Waals surface area contributed by atoms with E-state index in [9.17, 15) is 9.59 Å². The predicted molar refractivity (Wildman–Crippen MR) is 138 cm³/mol. The molecule has 1 aromatic carbocycles. The molecule has 2 heterocycles. The van der Waals surface area contributed by atoms with Crippen LogP contribution >= 0.6 is 11.3 Å². The minimum absolute atomic E-state index is 0.0429. The number of carbonyl (C=O) groups is 2. The molecule has 8 heteroatoms. The molecule has 3 rings (SSSR count). The highest BCUT2D eigenvalue weighted by Gasteiger charge is 2.29. The van der Waals surface area contributed by atoms with Crippen molar-refractivity contribution in [1.29, 1.82) is 5.26 Å². The number of ether oxygens (including phenoxy) is 1. The number of benzene rings is 1. The average molecular weight is 497 g/mol. The lowest BCUT2D eigenvalue weighted by Gasteiger charge is -2.40. The molecule has 1 fully saturated rings. The van der Waals surface area contributed by atoms with E-state index in [-0.39, 0.29) is 24.5 Å². The second-order valence-electron chi connectivity index (χ2n) is 9.34. The van der Waals surface area contributed by atoms with Crippen LogP contribution in [0.1, 0.15) is 58.8 Å². The van der Waals surface area contributed by atoms with Gasteiger partial charge in [0, 0.05) is 50.9 Å². The number of thiophene rings is 1. The van der Waals surface area contributed by atoms with E-state index in [1.165, 1.54) is 5.56 Å². The quantitative estimate of drug-likeness (QED) is 0.539. The van der Waals surface area contributed by atoms with Crippen LogP contribution in [-0.4, -0.2) is 67.0 Å². The highest BCUT2D eigenvalue weighted by Crippen LogP contribution is 2.22. The minimum atomic E-state index is -0.0869. The second-order valence-corrected chi connectivity index (χ2v) is 10.1. The Morgan fingerprint density at radius 2 is 1.97 bits per heavy atom. The summed E-state index contributed by atoms with van der Waals surface area (Å²) in [7, 11) is 1.56. The van der Waals surface area contributed by atoms with Gasteiger partial charge in [0.2, 0.25) is 5.91 Å². The van der Waals surface area contributed by atoms with E-state index in [1.54, 1.807) is 30.6 Å². The molecular formula is C27H36N4O3S. The number of hydrogen-bond acceptors (Lipinski definition) is 6. The zero-order valence-electron chi connectivity index (χ0n) is 21.2. The first-order valence-corrected chi connectivity index (χ1v) is 13.1. The number of nitrogens with zero attached hydrogens (tertiary/aromatic N) is 3. The van der Waals surface area contributed by atoms with Gasteiger partial charge in [-0.05, 0) is 85.7 Å². The SMILES string of the molecule is COCC(=O)N(Cc1ccsc1)C1CCN([C@H](C)CCNC(=O)c2c(C)cc(C#N)cc2C)CC1. The van der Waals surface area contributed by atoms with Gasteiger partial charge in [0.15, 0.2) is 0 Å². The molecule has 1 aromatic heterocycles. The van der Waals surface area contributed by atoms with Crippen LogP contribution in [0.5, 0.6) is 0 Å². The third-order valence-electron chi connectivity index (χ3n) is 6.82. The van der Waals surface area contributed by atoms with Crippen molar-refractivity contribution in [3.63, 3.8) is 0 Å². The van der Waals surface area contributed by atoms with Crippen LogP contribution in [0.4, 0.5) is 0 Å². The van der Waals surface area contributed by atoms with Gasteiger partial charge in [-0.25, -0.2) is 0 Å². The van der Waals surface area contributed by atoms with E-state index >= 15 is 0 Å². The van der Waals surface area contributed by atoms with E-state index in [2.05, 4.69) is 34.7 Å². The number of piperidine rings is 1. The van der Waals surface area contributed by atoms with Crippen molar-refractivity contribution in [3.8, 4) is 6.07 Å². The van der Waals surface area contributed by atoms with E-state index in [0.29, 0.717) is 30.3 Å². The molecule has 0 aliphatic carbocycles. The van der Waals surface area contributed by atoms with Gasteiger partial charge in [-0.1, -0.05) is 0 Å². The molecule has 0 saturated carbocycles. The van der Waals surface area contributed by atoms with Crippen molar-refractivity contribution in [2.75, 3.05) is 33.4 Å². The topological polar surface area (TPSA) is 85.7 Å². The van der Waals surface area contributed by atoms with Gasteiger partial charge in [-0.15, -0.1) is 0 Å². The summed E-state index contributed by atoms with van der Waals surface area (Å²) in [6, 6.07) is 8.27. The first-order valence-electron chi connectivity index (χ1n) is 12.2. The molecule has 1 atom stereocenters. The van der Waals surface area contributed by atoms with E-state index < -0.39 is 0 Å². The largest absolute Gasteiger partial charge is 0.375 e. The molecule has 0 bridgehead atoms. The lowest BCUT2D eigenvalue weighted by atomic mass is 9.98. The summed E-state index contributed by atoms with van der Waals surface area (Å²) >= 11 is 1.65. The van der Waals surface area contributed by atoms with Crippen LogP contribution in [0, 0.1) is 25.2 Å². The molecule has 2 amide bonds. The molecule has 7 nitrogen and oxygen atoms in total. The number of nitriles is 1. The maximum atomic E-state index is 12.8. The fourth-order valence-electron chi connectivity index (χ4n) is 4.90. The van der Waals surface area contributed by atoms with Crippen molar-refractivity contribution >= 4 is 23.2 Å². The van der Waals surface area contributed by atoms with Crippen LogP contribution in [0.3, 0.4) is 0 Å². The molecule has 0 unspecified atom stereocenters. The fraction of sp³-hybridized carbons (Fsp3) is 0.519. The van der Waals surface area contributed by atoms with Gasteiger partial charge in [0.25, 0.3) is 5.91 Å². The average Bonchev–Trinajstić information content (AvgIpc) is 3.35. The number of hydrogen-bond donors (Lipinski definition) is 1. The van der Waals surface area contributed by atoms with E-state index in [1.807, 2.05) is 24.1 Å². The monoisotopic (exact) mass is 496 g/mol. The van der Waals surface area contributed by atoms with Gasteiger partial charge in [-0.3, -0.25) is 9.59 Å². The summed E-state index contributed by atoms with van der Waals surface area (Å²) < 4.78 is 5.13. The smallest absolute Gasteiger partial charge is 0.251 e. The van der Waals surface area contributed by atoms with Crippen molar-refractivity contribution in [1.82, 2.24) is 15.1 Å². The second kappa shape index (κ2) is 12.8. The Hall–Kier alpha value is -2.73. The zero-order chi connectivity index (χ0) is 25.4. The molecule has 0 radical (unpaired) electrons. The van der Waals surface area contributed by atoms with Crippen molar-refractivity contribution in [2.24, 2.45) is 0 Å². The van der Waals surface area contributed by atoms with Crippen LogP contribution in [0.25, 0.3) is 0 Å². The Balaban J connectivity index is 1.49. The number of nitrogens with one attached hydrogen (secondary N) is 1. The summed E-state index contributed by atoms with van der Waals surface area (Å²) in [4.78, 5) is 29.9.